The molecule has 0 fully saturated rings. The molecule has 0 aliphatic rings. The lowest BCUT2D eigenvalue weighted by Gasteiger charge is -2.29. The van der Waals surface area contributed by atoms with E-state index >= 15 is 0 Å². The Balaban J connectivity index is 2.76. The molecule has 1 atom stereocenters. The van der Waals surface area contributed by atoms with Crippen molar-refractivity contribution in [1.82, 2.24) is 5.32 Å². The van der Waals surface area contributed by atoms with Crippen LogP contribution in [-0.2, 0) is 0 Å². The van der Waals surface area contributed by atoms with Gasteiger partial charge in [0.2, 0.25) is 0 Å². The molecule has 3 N–H and O–H groups in total. The molecule has 2 amide bonds. The van der Waals surface area contributed by atoms with Gasteiger partial charge in [0.05, 0.1) is 12.8 Å². The van der Waals surface area contributed by atoms with Crippen LogP contribution in [0.15, 0.2) is 18.2 Å². The molecular weight excluding hydrogens is 256 g/mol. The summed E-state index contributed by atoms with van der Waals surface area (Å²) in [5.41, 5.74) is 1.26. The van der Waals surface area contributed by atoms with Crippen LogP contribution >= 0.6 is 0 Å². The number of hydrogen-bond donors (Lipinski definition) is 3. The van der Waals surface area contributed by atoms with E-state index in [0.717, 1.165) is 12.0 Å². The Morgan fingerprint density at radius 3 is 2.70 bits per heavy atom. The molecule has 0 aromatic heterocycles. The number of carbonyl (C=O) groups excluding carboxylic acids is 1. The van der Waals surface area contributed by atoms with Crippen LogP contribution < -0.4 is 15.4 Å². The van der Waals surface area contributed by atoms with Crippen LogP contribution in [0, 0.1) is 6.92 Å². The molecule has 20 heavy (non-hydrogen) atoms. The fourth-order valence-electron chi connectivity index (χ4n) is 1.90. The quantitative estimate of drug-likeness (QED) is 0.750. The molecule has 0 spiro atoms. The molecule has 0 heterocycles. The number of benzene rings is 1. The van der Waals surface area contributed by atoms with E-state index in [1.807, 2.05) is 39.0 Å². The summed E-state index contributed by atoms with van der Waals surface area (Å²) >= 11 is 0. The monoisotopic (exact) mass is 280 g/mol. The van der Waals surface area contributed by atoms with E-state index in [2.05, 4.69) is 10.6 Å². The Morgan fingerprint density at radius 1 is 1.45 bits per heavy atom. The molecular formula is C15H24N2O3. The highest BCUT2D eigenvalue weighted by molar-refractivity contribution is 5.91. The minimum absolute atomic E-state index is 0.0402. The van der Waals surface area contributed by atoms with Crippen molar-refractivity contribution in [1.29, 1.82) is 0 Å². The van der Waals surface area contributed by atoms with Gasteiger partial charge in [-0.3, -0.25) is 0 Å². The largest absolute Gasteiger partial charge is 0.495 e. The molecule has 0 bridgehead atoms. The van der Waals surface area contributed by atoms with Crippen LogP contribution in [0.5, 0.6) is 5.75 Å². The number of methoxy groups -OCH3 is 1. The van der Waals surface area contributed by atoms with Crippen LogP contribution in [0.25, 0.3) is 0 Å². The molecule has 0 saturated carbocycles. The summed E-state index contributed by atoms with van der Waals surface area (Å²) in [6.07, 6.45) is 1.26. The summed E-state index contributed by atoms with van der Waals surface area (Å²) in [6.45, 7) is 5.89. The highest BCUT2D eigenvalue weighted by atomic mass is 16.5. The van der Waals surface area contributed by atoms with Gasteiger partial charge in [0, 0.05) is 12.1 Å². The fourth-order valence-corrected chi connectivity index (χ4v) is 1.90. The second-order valence-corrected chi connectivity index (χ2v) is 5.17. The van der Waals surface area contributed by atoms with Crippen LogP contribution in [0.3, 0.4) is 0 Å². The van der Waals surface area contributed by atoms with E-state index in [1.54, 1.807) is 7.11 Å². The molecule has 112 valence electrons. The first-order chi connectivity index (χ1) is 9.44. The van der Waals surface area contributed by atoms with Crippen molar-refractivity contribution in [2.75, 3.05) is 19.0 Å². The number of aliphatic hydroxyl groups is 1. The molecule has 0 saturated heterocycles. The smallest absolute Gasteiger partial charge is 0.319 e. The second-order valence-electron chi connectivity index (χ2n) is 5.17. The van der Waals surface area contributed by atoms with Gasteiger partial charge in [0.15, 0.2) is 0 Å². The van der Waals surface area contributed by atoms with Crippen LogP contribution in [-0.4, -0.2) is 30.4 Å². The zero-order valence-corrected chi connectivity index (χ0v) is 12.6. The van der Waals surface area contributed by atoms with Crippen molar-refractivity contribution >= 4 is 11.7 Å². The number of urea groups is 1. The standard InChI is InChI=1S/C15H24N2O3/c1-5-15(3,8-9-18)17-14(19)16-12-7-6-11(2)10-13(12)20-4/h6-7,10,18H,5,8-9H2,1-4H3,(H2,16,17,19). The fraction of sp³-hybridized carbons (Fsp3) is 0.533. The molecule has 0 aliphatic carbocycles. The SMILES string of the molecule is CCC(C)(CCO)NC(=O)Nc1ccc(C)cc1OC. The predicted octanol–water partition coefficient (Wildman–Crippen LogP) is 2.68. The zero-order valence-electron chi connectivity index (χ0n) is 12.6. The Hall–Kier alpha value is -1.75. The molecule has 1 rings (SSSR count). The Morgan fingerprint density at radius 2 is 2.15 bits per heavy atom. The van der Waals surface area contributed by atoms with Gasteiger partial charge in [-0.2, -0.15) is 0 Å². The molecule has 1 aromatic rings. The van der Waals surface area contributed by atoms with Crippen LogP contribution in [0.4, 0.5) is 10.5 Å². The summed E-state index contributed by atoms with van der Waals surface area (Å²) in [5.74, 6) is 0.625. The third-order valence-electron chi connectivity index (χ3n) is 3.46. The van der Waals surface area contributed by atoms with E-state index in [1.165, 1.54) is 0 Å². The van der Waals surface area contributed by atoms with Gasteiger partial charge in [-0.15, -0.1) is 0 Å². The molecule has 0 radical (unpaired) electrons. The molecule has 5 nitrogen and oxygen atoms in total. The summed E-state index contributed by atoms with van der Waals surface area (Å²) in [7, 11) is 1.57. The summed E-state index contributed by atoms with van der Waals surface area (Å²) < 4.78 is 5.25. The Labute approximate surface area is 120 Å². The summed E-state index contributed by atoms with van der Waals surface area (Å²) in [4.78, 5) is 12.1. The minimum atomic E-state index is -0.420. The lowest BCUT2D eigenvalue weighted by molar-refractivity contribution is 0.208. The minimum Gasteiger partial charge on any atom is -0.495 e. The van der Waals surface area contributed by atoms with Crippen molar-refractivity contribution in [2.45, 2.75) is 39.2 Å². The van der Waals surface area contributed by atoms with Crippen LogP contribution in [0.1, 0.15) is 32.3 Å². The van der Waals surface area contributed by atoms with E-state index in [-0.39, 0.29) is 12.6 Å². The summed E-state index contributed by atoms with van der Waals surface area (Å²) in [5, 5.41) is 14.7. The number of anilines is 1. The maximum atomic E-state index is 12.1. The highest BCUT2D eigenvalue weighted by Gasteiger charge is 2.23. The van der Waals surface area contributed by atoms with Gasteiger partial charge in [-0.05, 0) is 44.4 Å². The number of amides is 2. The number of aliphatic hydroxyl groups excluding tert-OH is 1. The number of ether oxygens (including phenoxy) is 1. The van der Waals surface area contributed by atoms with Crippen molar-refractivity contribution in [3.05, 3.63) is 23.8 Å². The number of carbonyl (C=O) groups is 1. The molecule has 1 unspecified atom stereocenters. The van der Waals surface area contributed by atoms with Gasteiger partial charge >= 0.3 is 6.03 Å². The van der Waals surface area contributed by atoms with E-state index in [9.17, 15) is 4.79 Å². The van der Waals surface area contributed by atoms with Crippen molar-refractivity contribution in [3.63, 3.8) is 0 Å². The number of nitrogens with one attached hydrogen (secondary N) is 2. The van der Waals surface area contributed by atoms with Gasteiger partial charge in [0.25, 0.3) is 0 Å². The Kier molecular flexibility index (Phi) is 5.82. The van der Waals surface area contributed by atoms with Crippen molar-refractivity contribution in [3.8, 4) is 5.75 Å². The first-order valence-electron chi connectivity index (χ1n) is 6.78. The third-order valence-corrected chi connectivity index (χ3v) is 3.46. The molecule has 0 aliphatic heterocycles. The van der Waals surface area contributed by atoms with Crippen LogP contribution in [0.2, 0.25) is 0 Å². The van der Waals surface area contributed by atoms with E-state index in [0.29, 0.717) is 17.9 Å². The number of rotatable bonds is 6. The summed E-state index contributed by atoms with van der Waals surface area (Å²) in [6, 6.07) is 5.28. The third kappa shape index (κ3) is 4.42. The first-order valence-corrected chi connectivity index (χ1v) is 6.78. The molecule has 1 aromatic carbocycles. The maximum absolute atomic E-state index is 12.1. The van der Waals surface area contributed by atoms with Gasteiger partial charge < -0.3 is 20.5 Å². The normalized spacial score (nSPS) is 13.4. The van der Waals surface area contributed by atoms with Crippen molar-refractivity contribution < 1.29 is 14.6 Å². The molecule has 5 heteroatoms. The Bertz CT molecular complexity index is 462. The van der Waals surface area contributed by atoms with E-state index in [4.69, 9.17) is 9.84 Å². The average Bonchev–Trinajstić information content (AvgIpc) is 2.40. The topological polar surface area (TPSA) is 70.6 Å². The first kappa shape index (κ1) is 16.3. The van der Waals surface area contributed by atoms with E-state index < -0.39 is 5.54 Å². The van der Waals surface area contributed by atoms with Crippen molar-refractivity contribution in [2.24, 2.45) is 0 Å². The van der Waals surface area contributed by atoms with Gasteiger partial charge in [0.1, 0.15) is 5.75 Å². The lowest BCUT2D eigenvalue weighted by Crippen LogP contribution is -2.48. The van der Waals surface area contributed by atoms with Gasteiger partial charge in [-0.25, -0.2) is 4.79 Å². The average molecular weight is 280 g/mol. The zero-order chi connectivity index (χ0) is 15.2. The maximum Gasteiger partial charge on any atom is 0.319 e. The van der Waals surface area contributed by atoms with Gasteiger partial charge in [-0.1, -0.05) is 13.0 Å². The number of aryl methyl sites for hydroxylation is 1. The lowest BCUT2D eigenvalue weighted by atomic mass is 9.95. The second kappa shape index (κ2) is 7.14. The number of hydrogen-bond acceptors (Lipinski definition) is 3. The highest BCUT2D eigenvalue weighted by Crippen LogP contribution is 2.25. The predicted molar refractivity (Wildman–Crippen MR) is 80.3 cm³/mol.